The van der Waals surface area contributed by atoms with Crippen LogP contribution in [0.5, 0.6) is 5.75 Å². The van der Waals surface area contributed by atoms with Crippen molar-refractivity contribution in [1.82, 2.24) is 0 Å². The normalized spacial score (nSPS) is 20.2. The van der Waals surface area contributed by atoms with Crippen molar-refractivity contribution in [3.63, 3.8) is 0 Å². The Bertz CT molecular complexity index is 370. The van der Waals surface area contributed by atoms with E-state index in [9.17, 15) is 4.39 Å². The molecule has 1 atom stereocenters. The summed E-state index contributed by atoms with van der Waals surface area (Å²) < 4.78 is 18.8. The number of benzene rings is 1. The molecule has 1 aliphatic heterocycles. The van der Waals surface area contributed by atoms with Gasteiger partial charge in [-0.15, -0.1) is 0 Å². The van der Waals surface area contributed by atoms with Gasteiger partial charge in [-0.2, -0.15) is 0 Å². The summed E-state index contributed by atoms with van der Waals surface area (Å²) >= 11 is 0. The van der Waals surface area contributed by atoms with E-state index in [0.717, 1.165) is 19.5 Å². The van der Waals surface area contributed by atoms with Crippen molar-refractivity contribution in [3.8, 4) is 5.75 Å². The van der Waals surface area contributed by atoms with Crippen LogP contribution in [-0.4, -0.2) is 26.7 Å². The zero-order valence-electron chi connectivity index (χ0n) is 9.45. The van der Waals surface area contributed by atoms with E-state index in [1.54, 1.807) is 19.2 Å². The number of nitrogens with zero attached hydrogens (tertiary/aromatic N) is 1. The van der Waals surface area contributed by atoms with Gasteiger partial charge in [-0.1, -0.05) is 0 Å². The maximum Gasteiger partial charge on any atom is 0.146 e. The highest BCUT2D eigenvalue weighted by Gasteiger charge is 2.23. The van der Waals surface area contributed by atoms with Gasteiger partial charge in [0.25, 0.3) is 0 Å². The van der Waals surface area contributed by atoms with Crippen LogP contribution in [0.4, 0.5) is 10.1 Å². The van der Waals surface area contributed by atoms with Crippen molar-refractivity contribution >= 4 is 5.69 Å². The van der Waals surface area contributed by atoms with Crippen LogP contribution in [0.25, 0.3) is 0 Å². The predicted molar refractivity (Wildman–Crippen MR) is 62.3 cm³/mol. The van der Waals surface area contributed by atoms with Crippen LogP contribution in [0.3, 0.4) is 0 Å². The Hall–Kier alpha value is -1.29. The molecule has 0 saturated carbocycles. The number of methoxy groups -OCH3 is 1. The first-order valence-electron chi connectivity index (χ1n) is 5.53. The molecule has 0 amide bonds. The second-order valence-electron chi connectivity index (χ2n) is 4.15. The van der Waals surface area contributed by atoms with E-state index in [0.29, 0.717) is 23.9 Å². The second-order valence-corrected chi connectivity index (χ2v) is 4.15. The maximum atomic E-state index is 13.7. The van der Waals surface area contributed by atoms with Crippen LogP contribution < -0.4 is 15.4 Å². The SMILES string of the molecule is COc1ccc(F)c(N2CCC(CN)C2)c1. The first kappa shape index (κ1) is 11.2. The van der Waals surface area contributed by atoms with Crippen LogP contribution in [0.1, 0.15) is 6.42 Å². The summed E-state index contributed by atoms with van der Waals surface area (Å²) in [5.74, 6) is 0.969. The second kappa shape index (κ2) is 4.70. The van der Waals surface area contributed by atoms with E-state index in [-0.39, 0.29) is 5.82 Å². The predicted octanol–water partition coefficient (Wildman–Crippen LogP) is 1.62. The molecule has 0 bridgehead atoms. The highest BCUT2D eigenvalue weighted by atomic mass is 19.1. The van der Waals surface area contributed by atoms with E-state index in [1.165, 1.54) is 6.07 Å². The maximum absolute atomic E-state index is 13.7. The van der Waals surface area contributed by atoms with Gasteiger partial charge in [0.1, 0.15) is 11.6 Å². The minimum atomic E-state index is -0.196. The third-order valence-corrected chi connectivity index (χ3v) is 3.11. The molecule has 1 aliphatic rings. The lowest BCUT2D eigenvalue weighted by Crippen LogP contribution is -2.23. The van der Waals surface area contributed by atoms with E-state index in [2.05, 4.69) is 0 Å². The molecule has 0 spiro atoms. The number of nitrogens with two attached hydrogens (primary N) is 1. The summed E-state index contributed by atoms with van der Waals surface area (Å²) in [7, 11) is 1.59. The van der Waals surface area contributed by atoms with Crippen LogP contribution in [0, 0.1) is 11.7 Å². The first-order chi connectivity index (χ1) is 7.74. The number of hydrogen-bond acceptors (Lipinski definition) is 3. The van der Waals surface area contributed by atoms with Gasteiger partial charge in [0.2, 0.25) is 0 Å². The lowest BCUT2D eigenvalue weighted by atomic mass is 10.1. The van der Waals surface area contributed by atoms with Crippen molar-refractivity contribution in [2.75, 3.05) is 31.6 Å². The fraction of sp³-hybridized carbons (Fsp3) is 0.500. The van der Waals surface area contributed by atoms with E-state index in [1.807, 2.05) is 4.90 Å². The monoisotopic (exact) mass is 224 g/mol. The average molecular weight is 224 g/mol. The molecular formula is C12H17FN2O. The minimum absolute atomic E-state index is 0.196. The Labute approximate surface area is 95.0 Å². The van der Waals surface area contributed by atoms with Gasteiger partial charge in [-0.05, 0) is 31.0 Å². The highest BCUT2D eigenvalue weighted by Crippen LogP contribution is 2.29. The van der Waals surface area contributed by atoms with E-state index < -0.39 is 0 Å². The molecule has 0 aliphatic carbocycles. The summed E-state index contributed by atoms with van der Waals surface area (Å²) in [5, 5.41) is 0. The van der Waals surface area contributed by atoms with Gasteiger partial charge >= 0.3 is 0 Å². The summed E-state index contributed by atoms with van der Waals surface area (Å²) in [6.45, 7) is 2.37. The summed E-state index contributed by atoms with van der Waals surface area (Å²) in [6.07, 6.45) is 1.03. The molecule has 1 heterocycles. The molecular weight excluding hydrogens is 207 g/mol. The molecule has 16 heavy (non-hydrogen) atoms. The first-order valence-corrected chi connectivity index (χ1v) is 5.53. The molecule has 3 nitrogen and oxygen atoms in total. The van der Waals surface area contributed by atoms with Crippen molar-refractivity contribution in [2.45, 2.75) is 6.42 Å². The Kier molecular flexibility index (Phi) is 3.29. The quantitative estimate of drug-likeness (QED) is 0.848. The lowest BCUT2D eigenvalue weighted by molar-refractivity contribution is 0.413. The van der Waals surface area contributed by atoms with E-state index in [4.69, 9.17) is 10.5 Å². The zero-order valence-corrected chi connectivity index (χ0v) is 9.45. The third-order valence-electron chi connectivity index (χ3n) is 3.11. The molecule has 0 aromatic heterocycles. The average Bonchev–Trinajstić information content (AvgIpc) is 2.78. The summed E-state index contributed by atoms with van der Waals surface area (Å²) in [5.41, 5.74) is 6.24. The van der Waals surface area contributed by atoms with E-state index >= 15 is 0 Å². The number of rotatable bonds is 3. The summed E-state index contributed by atoms with van der Waals surface area (Å²) in [4.78, 5) is 2.04. The van der Waals surface area contributed by atoms with Crippen LogP contribution in [-0.2, 0) is 0 Å². The molecule has 1 saturated heterocycles. The van der Waals surface area contributed by atoms with Gasteiger partial charge < -0.3 is 15.4 Å². The van der Waals surface area contributed by atoms with Crippen LogP contribution >= 0.6 is 0 Å². The van der Waals surface area contributed by atoms with Crippen LogP contribution in [0.15, 0.2) is 18.2 Å². The van der Waals surface area contributed by atoms with Gasteiger partial charge in [-0.3, -0.25) is 0 Å². The Morgan fingerprint density at radius 2 is 2.38 bits per heavy atom. The number of anilines is 1. The molecule has 1 aromatic carbocycles. The molecule has 1 aromatic rings. The van der Waals surface area contributed by atoms with Gasteiger partial charge in [0.15, 0.2) is 0 Å². The lowest BCUT2D eigenvalue weighted by Gasteiger charge is -2.19. The van der Waals surface area contributed by atoms with Gasteiger partial charge in [-0.25, -0.2) is 4.39 Å². The van der Waals surface area contributed by atoms with Crippen LogP contribution in [0.2, 0.25) is 0 Å². The number of hydrogen-bond donors (Lipinski definition) is 1. The summed E-state index contributed by atoms with van der Waals surface area (Å²) in [6, 6.07) is 4.83. The molecule has 0 radical (unpaired) electrons. The van der Waals surface area contributed by atoms with Gasteiger partial charge in [0.05, 0.1) is 12.8 Å². The zero-order chi connectivity index (χ0) is 11.5. The smallest absolute Gasteiger partial charge is 0.146 e. The molecule has 1 unspecified atom stereocenters. The minimum Gasteiger partial charge on any atom is -0.497 e. The van der Waals surface area contributed by atoms with Crippen molar-refractivity contribution in [1.29, 1.82) is 0 Å². The van der Waals surface area contributed by atoms with Crippen molar-refractivity contribution < 1.29 is 9.13 Å². The number of ether oxygens (including phenoxy) is 1. The molecule has 1 fully saturated rings. The fourth-order valence-electron chi connectivity index (χ4n) is 2.11. The molecule has 2 rings (SSSR count). The van der Waals surface area contributed by atoms with Crippen molar-refractivity contribution in [3.05, 3.63) is 24.0 Å². The molecule has 88 valence electrons. The van der Waals surface area contributed by atoms with Gasteiger partial charge in [0, 0.05) is 19.2 Å². The standard InChI is InChI=1S/C12H17FN2O/c1-16-10-2-3-11(13)12(6-10)15-5-4-9(7-14)8-15/h2-3,6,9H,4-5,7-8,14H2,1H3. The number of halogens is 1. The Morgan fingerprint density at radius 3 is 3.00 bits per heavy atom. The third kappa shape index (κ3) is 2.11. The Morgan fingerprint density at radius 1 is 1.56 bits per heavy atom. The fourth-order valence-corrected chi connectivity index (χ4v) is 2.11. The Balaban J connectivity index is 2.20. The highest BCUT2D eigenvalue weighted by molar-refractivity contribution is 5.52. The van der Waals surface area contributed by atoms with Crippen molar-refractivity contribution in [2.24, 2.45) is 11.7 Å². The largest absolute Gasteiger partial charge is 0.497 e. The molecule has 4 heteroatoms. The molecule has 2 N–H and O–H groups in total. The topological polar surface area (TPSA) is 38.5 Å².